The van der Waals surface area contributed by atoms with Crippen LogP contribution in [0.3, 0.4) is 0 Å². The van der Waals surface area contributed by atoms with E-state index in [-0.39, 0.29) is 17.3 Å². The molecule has 0 bridgehead atoms. The minimum atomic E-state index is -4.19. The van der Waals surface area contributed by atoms with Gasteiger partial charge in [0.05, 0.1) is 17.7 Å². The highest BCUT2D eigenvalue weighted by atomic mass is 35.5. The van der Waals surface area contributed by atoms with E-state index in [1.165, 1.54) is 24.1 Å². The quantitative estimate of drug-likeness (QED) is 0.212. The Labute approximate surface area is 258 Å². The molecule has 3 rings (SSSR count). The molecule has 0 fully saturated rings. The van der Waals surface area contributed by atoms with Crippen LogP contribution >= 0.6 is 23.2 Å². The Balaban J connectivity index is 2.05. The van der Waals surface area contributed by atoms with Crippen LogP contribution in [0.4, 0.5) is 5.69 Å². The van der Waals surface area contributed by atoms with Crippen molar-refractivity contribution in [2.45, 2.75) is 57.5 Å². The summed E-state index contributed by atoms with van der Waals surface area (Å²) in [7, 11) is -2.70. The zero-order chi connectivity index (χ0) is 30.9. The van der Waals surface area contributed by atoms with Gasteiger partial charge in [-0.05, 0) is 73.9 Å². The Morgan fingerprint density at radius 1 is 0.976 bits per heavy atom. The molecule has 0 unspecified atom stereocenters. The van der Waals surface area contributed by atoms with Gasteiger partial charge < -0.3 is 15.0 Å². The van der Waals surface area contributed by atoms with Crippen LogP contribution in [0, 0.1) is 6.92 Å². The minimum absolute atomic E-state index is 0.00618. The molecule has 0 spiro atoms. The Hall–Kier alpha value is -3.27. The van der Waals surface area contributed by atoms with Crippen LogP contribution in [0.5, 0.6) is 5.75 Å². The molecular weight excluding hydrogens is 597 g/mol. The van der Waals surface area contributed by atoms with Crippen molar-refractivity contribution in [3.63, 3.8) is 0 Å². The van der Waals surface area contributed by atoms with Gasteiger partial charge in [0.1, 0.15) is 18.3 Å². The van der Waals surface area contributed by atoms with Crippen molar-refractivity contribution in [3.05, 3.63) is 87.9 Å². The molecule has 0 heterocycles. The third-order valence-corrected chi connectivity index (χ3v) is 9.19. The zero-order valence-corrected chi connectivity index (χ0v) is 26.6. The number of unbranched alkanes of at least 4 members (excludes halogenated alkanes) is 1. The number of hydrogen-bond acceptors (Lipinski definition) is 5. The van der Waals surface area contributed by atoms with E-state index in [1.807, 2.05) is 13.8 Å². The largest absolute Gasteiger partial charge is 0.497 e. The predicted octanol–water partition coefficient (Wildman–Crippen LogP) is 6.23. The maximum atomic E-state index is 14.1. The predicted molar refractivity (Wildman–Crippen MR) is 168 cm³/mol. The fraction of sp³-hybridized carbons (Fsp3) is 0.355. The van der Waals surface area contributed by atoms with Crippen LogP contribution < -0.4 is 14.4 Å². The van der Waals surface area contributed by atoms with E-state index in [0.29, 0.717) is 40.0 Å². The molecule has 1 N–H and O–H groups in total. The minimum Gasteiger partial charge on any atom is -0.497 e. The van der Waals surface area contributed by atoms with Gasteiger partial charge >= 0.3 is 0 Å². The first-order chi connectivity index (χ1) is 20.0. The lowest BCUT2D eigenvalue weighted by atomic mass is 10.1. The van der Waals surface area contributed by atoms with Crippen LogP contribution in [-0.4, -0.2) is 51.4 Å². The molecule has 2 amide bonds. The number of halogens is 2. The summed E-state index contributed by atoms with van der Waals surface area (Å²) in [6.07, 6.45) is 2.00. The highest BCUT2D eigenvalue weighted by Crippen LogP contribution is 2.28. The second-order valence-electron chi connectivity index (χ2n) is 9.85. The number of methoxy groups -OCH3 is 1. The summed E-state index contributed by atoms with van der Waals surface area (Å²) in [5.41, 5.74) is 1.82. The molecule has 42 heavy (non-hydrogen) atoms. The van der Waals surface area contributed by atoms with Crippen molar-refractivity contribution in [1.82, 2.24) is 10.2 Å². The van der Waals surface area contributed by atoms with E-state index in [1.54, 1.807) is 61.5 Å². The van der Waals surface area contributed by atoms with Crippen LogP contribution in [0.15, 0.2) is 71.6 Å². The smallest absolute Gasteiger partial charge is 0.264 e. The molecular formula is C31H37Cl2N3O5S. The van der Waals surface area contributed by atoms with Crippen molar-refractivity contribution in [2.24, 2.45) is 0 Å². The number of anilines is 1. The lowest BCUT2D eigenvalue weighted by molar-refractivity contribution is -0.140. The fourth-order valence-electron chi connectivity index (χ4n) is 4.37. The van der Waals surface area contributed by atoms with Gasteiger partial charge in [0.2, 0.25) is 11.8 Å². The summed E-state index contributed by atoms with van der Waals surface area (Å²) >= 11 is 12.6. The second-order valence-corrected chi connectivity index (χ2v) is 12.6. The maximum Gasteiger partial charge on any atom is 0.264 e. The van der Waals surface area contributed by atoms with Gasteiger partial charge in [0, 0.05) is 23.1 Å². The van der Waals surface area contributed by atoms with Crippen molar-refractivity contribution >= 4 is 50.7 Å². The van der Waals surface area contributed by atoms with E-state index in [2.05, 4.69) is 5.32 Å². The van der Waals surface area contributed by atoms with Crippen molar-refractivity contribution < 1.29 is 22.7 Å². The first kappa shape index (κ1) is 33.2. The monoisotopic (exact) mass is 633 g/mol. The van der Waals surface area contributed by atoms with Gasteiger partial charge in [0.15, 0.2) is 0 Å². The van der Waals surface area contributed by atoms with Gasteiger partial charge in [-0.1, -0.05) is 67.2 Å². The molecule has 226 valence electrons. The van der Waals surface area contributed by atoms with Crippen LogP contribution in [0.25, 0.3) is 0 Å². The Morgan fingerprint density at radius 3 is 2.21 bits per heavy atom. The number of sulfonamides is 1. The average Bonchev–Trinajstić information content (AvgIpc) is 2.97. The topological polar surface area (TPSA) is 96.0 Å². The molecule has 8 nitrogen and oxygen atoms in total. The lowest BCUT2D eigenvalue weighted by Gasteiger charge is -2.33. The SMILES string of the molecule is CCCCNC(=O)[C@H](CC)N(Cc1ccc(Cl)cc1Cl)C(=O)CN(c1ccc(C)cc1)S(=O)(=O)c1ccc(OC)cc1. The van der Waals surface area contributed by atoms with Crippen molar-refractivity contribution in [2.75, 3.05) is 24.5 Å². The van der Waals surface area contributed by atoms with E-state index < -0.39 is 28.5 Å². The number of ether oxygens (including phenoxy) is 1. The molecule has 11 heteroatoms. The summed E-state index contributed by atoms with van der Waals surface area (Å²) in [5, 5.41) is 3.68. The summed E-state index contributed by atoms with van der Waals surface area (Å²) in [6.45, 7) is 5.62. The molecule has 0 saturated carbocycles. The highest BCUT2D eigenvalue weighted by molar-refractivity contribution is 7.92. The van der Waals surface area contributed by atoms with E-state index in [0.717, 1.165) is 22.7 Å². The van der Waals surface area contributed by atoms with Crippen molar-refractivity contribution in [1.29, 1.82) is 0 Å². The Kier molecular flexibility index (Phi) is 12.1. The van der Waals surface area contributed by atoms with Gasteiger partial charge in [-0.25, -0.2) is 8.42 Å². The van der Waals surface area contributed by atoms with Crippen LogP contribution in [-0.2, 0) is 26.2 Å². The first-order valence-electron chi connectivity index (χ1n) is 13.8. The number of hydrogen-bond donors (Lipinski definition) is 1. The standard InChI is InChI=1S/C31H37Cl2N3O5S/c1-5-7-18-34-31(38)29(6-2)35(20-23-10-11-24(32)19-28(23)33)30(37)21-36(25-12-8-22(3)9-13-25)42(39,40)27-16-14-26(41-4)15-17-27/h8-17,19,29H,5-7,18,20-21H2,1-4H3,(H,34,38)/t29-/m0/s1. The van der Waals surface area contributed by atoms with Gasteiger partial charge in [-0.2, -0.15) is 0 Å². The van der Waals surface area contributed by atoms with Gasteiger partial charge in [-0.15, -0.1) is 0 Å². The van der Waals surface area contributed by atoms with E-state index >= 15 is 0 Å². The molecule has 0 saturated heterocycles. The number of nitrogens with one attached hydrogen (secondary N) is 1. The molecule has 0 aliphatic rings. The molecule has 0 aliphatic heterocycles. The molecule has 1 atom stereocenters. The van der Waals surface area contributed by atoms with Crippen LogP contribution in [0.2, 0.25) is 10.0 Å². The number of nitrogens with zero attached hydrogens (tertiary/aromatic N) is 2. The lowest BCUT2D eigenvalue weighted by Crippen LogP contribution is -2.52. The number of carbonyl (C=O) groups excluding carboxylic acids is 2. The fourth-order valence-corrected chi connectivity index (χ4v) is 6.26. The number of amides is 2. The molecule has 0 aliphatic carbocycles. The molecule has 3 aromatic carbocycles. The Morgan fingerprint density at radius 2 is 1.64 bits per heavy atom. The second kappa shape index (κ2) is 15.3. The summed E-state index contributed by atoms with van der Waals surface area (Å²) < 4.78 is 34.2. The van der Waals surface area contributed by atoms with Crippen LogP contribution in [0.1, 0.15) is 44.2 Å². The molecule has 0 radical (unpaired) electrons. The Bertz CT molecular complexity index is 1460. The van der Waals surface area contributed by atoms with Gasteiger partial charge in [-0.3, -0.25) is 13.9 Å². The molecule has 0 aromatic heterocycles. The maximum absolute atomic E-state index is 14.1. The first-order valence-corrected chi connectivity index (χ1v) is 16.0. The van der Waals surface area contributed by atoms with Gasteiger partial charge in [0.25, 0.3) is 10.0 Å². The zero-order valence-electron chi connectivity index (χ0n) is 24.3. The summed E-state index contributed by atoms with van der Waals surface area (Å²) in [6, 6.07) is 16.9. The number of benzene rings is 3. The number of carbonyl (C=O) groups is 2. The average molecular weight is 635 g/mol. The third-order valence-electron chi connectivity index (χ3n) is 6.82. The number of rotatable bonds is 14. The molecule has 3 aromatic rings. The van der Waals surface area contributed by atoms with E-state index in [4.69, 9.17) is 27.9 Å². The van der Waals surface area contributed by atoms with E-state index in [9.17, 15) is 18.0 Å². The normalized spacial score (nSPS) is 12.0. The third kappa shape index (κ3) is 8.40. The summed E-state index contributed by atoms with van der Waals surface area (Å²) in [5.74, 6) is -0.377. The highest BCUT2D eigenvalue weighted by Gasteiger charge is 2.34. The van der Waals surface area contributed by atoms with Crippen molar-refractivity contribution in [3.8, 4) is 5.75 Å². The number of aryl methyl sites for hydroxylation is 1. The summed E-state index contributed by atoms with van der Waals surface area (Å²) in [4.78, 5) is 28.8.